The van der Waals surface area contributed by atoms with E-state index in [1.807, 2.05) is 0 Å². The average Bonchev–Trinajstić information content (AvgIpc) is 2.36. The van der Waals surface area contributed by atoms with Crippen molar-refractivity contribution in [2.75, 3.05) is 11.1 Å². The van der Waals surface area contributed by atoms with E-state index < -0.39 is 11.7 Å². The monoisotopic (exact) mass is 378 g/mol. The second-order valence-electron chi connectivity index (χ2n) is 4.51. The predicted octanol–water partition coefficient (Wildman–Crippen LogP) is 5.76. The van der Waals surface area contributed by atoms with E-state index in [0.29, 0.717) is 15.2 Å². The Balaban J connectivity index is 2.47. The molecule has 0 saturated heterocycles. The Hall–Kier alpha value is -1.40. The first kappa shape index (κ1) is 16.0. The van der Waals surface area contributed by atoms with Crippen LogP contribution in [-0.2, 0) is 6.18 Å². The zero-order valence-electron chi connectivity index (χ0n) is 10.9. The maximum absolute atomic E-state index is 13.0. The van der Waals surface area contributed by atoms with Gasteiger partial charge in [-0.05, 0) is 58.7 Å². The number of alkyl halides is 3. The number of hydrogen-bond acceptors (Lipinski definition) is 2. The highest BCUT2D eigenvalue weighted by molar-refractivity contribution is 9.10. The predicted molar refractivity (Wildman–Crippen MR) is 83.0 cm³/mol. The Kier molecular flexibility index (Phi) is 4.39. The fourth-order valence-electron chi connectivity index (χ4n) is 1.79. The maximum atomic E-state index is 13.0. The molecule has 112 valence electrons. The number of halogens is 5. The maximum Gasteiger partial charge on any atom is 0.418 e. The van der Waals surface area contributed by atoms with Crippen molar-refractivity contribution in [3.63, 3.8) is 0 Å². The molecule has 2 aromatic rings. The summed E-state index contributed by atoms with van der Waals surface area (Å²) in [6, 6.07) is 6.89. The summed E-state index contributed by atoms with van der Waals surface area (Å²) in [7, 11) is 0. The van der Waals surface area contributed by atoms with E-state index in [4.69, 9.17) is 17.3 Å². The van der Waals surface area contributed by atoms with E-state index in [0.717, 1.165) is 11.6 Å². The molecule has 0 unspecified atom stereocenters. The lowest BCUT2D eigenvalue weighted by Crippen LogP contribution is -2.09. The van der Waals surface area contributed by atoms with Gasteiger partial charge in [-0.1, -0.05) is 11.6 Å². The lowest BCUT2D eigenvalue weighted by molar-refractivity contribution is -0.136. The Morgan fingerprint density at radius 2 is 1.81 bits per heavy atom. The minimum absolute atomic E-state index is 0.0499. The second kappa shape index (κ2) is 5.77. The first-order valence-corrected chi connectivity index (χ1v) is 7.05. The highest BCUT2D eigenvalue weighted by Crippen LogP contribution is 2.39. The summed E-state index contributed by atoms with van der Waals surface area (Å²) >= 11 is 9.31. The molecule has 0 radical (unpaired) electrons. The summed E-state index contributed by atoms with van der Waals surface area (Å²) in [6.45, 7) is 1.81. The van der Waals surface area contributed by atoms with Crippen molar-refractivity contribution in [2.45, 2.75) is 13.1 Å². The third kappa shape index (κ3) is 3.63. The van der Waals surface area contributed by atoms with Crippen molar-refractivity contribution in [3.05, 3.63) is 51.0 Å². The third-order valence-electron chi connectivity index (χ3n) is 2.87. The highest BCUT2D eigenvalue weighted by Gasteiger charge is 2.33. The van der Waals surface area contributed by atoms with Crippen LogP contribution in [-0.4, -0.2) is 0 Å². The van der Waals surface area contributed by atoms with Crippen LogP contribution in [0, 0.1) is 6.92 Å². The Morgan fingerprint density at radius 3 is 2.43 bits per heavy atom. The van der Waals surface area contributed by atoms with Crippen molar-refractivity contribution >= 4 is 44.6 Å². The van der Waals surface area contributed by atoms with Crippen molar-refractivity contribution in [1.82, 2.24) is 0 Å². The number of nitrogens with one attached hydrogen (secondary N) is 1. The zero-order chi connectivity index (χ0) is 15.8. The van der Waals surface area contributed by atoms with Crippen LogP contribution >= 0.6 is 27.5 Å². The van der Waals surface area contributed by atoms with Crippen LogP contribution < -0.4 is 11.1 Å². The molecule has 2 nitrogen and oxygen atoms in total. The molecule has 0 saturated carbocycles. The van der Waals surface area contributed by atoms with Crippen molar-refractivity contribution in [3.8, 4) is 0 Å². The molecule has 0 aromatic heterocycles. The number of anilines is 3. The number of rotatable bonds is 2. The van der Waals surface area contributed by atoms with E-state index in [9.17, 15) is 13.2 Å². The van der Waals surface area contributed by atoms with Gasteiger partial charge < -0.3 is 11.1 Å². The van der Waals surface area contributed by atoms with Crippen LogP contribution in [0.4, 0.5) is 30.2 Å². The first-order valence-electron chi connectivity index (χ1n) is 5.88. The van der Waals surface area contributed by atoms with Gasteiger partial charge in [0.05, 0.1) is 16.9 Å². The molecule has 0 aliphatic heterocycles. The molecule has 0 amide bonds. The molecule has 3 N–H and O–H groups in total. The standard InChI is InChI=1S/C14H11BrClF3N2/c1-7-4-10(15)13(6-11(7)16)21-12-3-2-8(20)5-9(12)14(17,18)19/h2-6,21H,20H2,1H3. The molecule has 0 spiro atoms. The summed E-state index contributed by atoms with van der Waals surface area (Å²) < 4.78 is 39.7. The summed E-state index contributed by atoms with van der Waals surface area (Å²) in [6.07, 6.45) is -4.50. The van der Waals surface area contributed by atoms with Crippen LogP contribution in [0.3, 0.4) is 0 Å². The summed E-state index contributed by atoms with van der Waals surface area (Å²) in [4.78, 5) is 0. The molecule has 0 aliphatic rings. The van der Waals surface area contributed by atoms with Gasteiger partial charge in [0.15, 0.2) is 0 Å². The molecule has 0 heterocycles. The fraction of sp³-hybridized carbons (Fsp3) is 0.143. The first-order chi connectivity index (χ1) is 9.68. The Bertz CT molecular complexity index is 687. The molecule has 0 atom stereocenters. The van der Waals surface area contributed by atoms with E-state index in [2.05, 4.69) is 21.2 Å². The van der Waals surface area contributed by atoms with Gasteiger partial charge in [0.2, 0.25) is 0 Å². The van der Waals surface area contributed by atoms with Crippen molar-refractivity contribution in [1.29, 1.82) is 0 Å². The number of aryl methyl sites for hydroxylation is 1. The third-order valence-corrected chi connectivity index (χ3v) is 3.93. The summed E-state index contributed by atoms with van der Waals surface area (Å²) in [5, 5.41) is 3.20. The molecule has 2 rings (SSSR count). The lowest BCUT2D eigenvalue weighted by Gasteiger charge is -2.16. The van der Waals surface area contributed by atoms with Crippen molar-refractivity contribution in [2.24, 2.45) is 0 Å². The highest BCUT2D eigenvalue weighted by atomic mass is 79.9. The van der Waals surface area contributed by atoms with Crippen LogP contribution in [0.2, 0.25) is 5.02 Å². The average molecular weight is 380 g/mol. The molecule has 0 fully saturated rings. The summed E-state index contributed by atoms with van der Waals surface area (Å²) in [5.74, 6) is 0. The second-order valence-corrected chi connectivity index (χ2v) is 5.77. The molecule has 0 aliphatic carbocycles. The molecular formula is C14H11BrClF3N2. The largest absolute Gasteiger partial charge is 0.418 e. The van der Waals surface area contributed by atoms with Gasteiger partial charge in [-0.25, -0.2) is 0 Å². The normalized spacial score (nSPS) is 11.5. The Labute approximate surface area is 133 Å². The van der Waals surface area contributed by atoms with Gasteiger partial charge in [0.25, 0.3) is 0 Å². The van der Waals surface area contributed by atoms with Gasteiger partial charge in [0, 0.05) is 15.2 Å². The molecule has 21 heavy (non-hydrogen) atoms. The molecule has 7 heteroatoms. The number of hydrogen-bond donors (Lipinski definition) is 2. The quantitative estimate of drug-likeness (QED) is 0.651. The zero-order valence-corrected chi connectivity index (χ0v) is 13.2. The van der Waals surface area contributed by atoms with Crippen LogP contribution in [0.15, 0.2) is 34.8 Å². The molecule has 0 bridgehead atoms. The van der Waals surface area contributed by atoms with E-state index >= 15 is 0 Å². The van der Waals surface area contributed by atoms with Crippen LogP contribution in [0.5, 0.6) is 0 Å². The van der Waals surface area contributed by atoms with Gasteiger partial charge in [0.1, 0.15) is 0 Å². The van der Waals surface area contributed by atoms with Gasteiger partial charge in [-0.15, -0.1) is 0 Å². The smallest absolute Gasteiger partial charge is 0.399 e. The van der Waals surface area contributed by atoms with E-state index in [1.165, 1.54) is 12.1 Å². The molecule has 2 aromatic carbocycles. The van der Waals surface area contributed by atoms with E-state index in [1.54, 1.807) is 19.1 Å². The van der Waals surface area contributed by atoms with Crippen LogP contribution in [0.1, 0.15) is 11.1 Å². The minimum atomic E-state index is -4.50. The topological polar surface area (TPSA) is 38.0 Å². The molecular weight excluding hydrogens is 369 g/mol. The Morgan fingerprint density at radius 1 is 1.14 bits per heavy atom. The number of nitrogens with two attached hydrogens (primary N) is 1. The van der Waals surface area contributed by atoms with Gasteiger partial charge in [-0.3, -0.25) is 0 Å². The lowest BCUT2D eigenvalue weighted by atomic mass is 10.1. The SMILES string of the molecule is Cc1cc(Br)c(Nc2ccc(N)cc2C(F)(F)F)cc1Cl. The van der Waals surface area contributed by atoms with Gasteiger partial charge in [-0.2, -0.15) is 13.2 Å². The van der Waals surface area contributed by atoms with E-state index in [-0.39, 0.29) is 11.4 Å². The number of benzene rings is 2. The van der Waals surface area contributed by atoms with Gasteiger partial charge >= 0.3 is 6.18 Å². The number of nitrogen functional groups attached to an aromatic ring is 1. The fourth-order valence-corrected chi connectivity index (χ4v) is 2.51. The minimum Gasteiger partial charge on any atom is -0.399 e. The van der Waals surface area contributed by atoms with Crippen LogP contribution in [0.25, 0.3) is 0 Å². The van der Waals surface area contributed by atoms with Crippen molar-refractivity contribution < 1.29 is 13.2 Å². The summed E-state index contributed by atoms with van der Waals surface area (Å²) in [5.41, 5.74) is 5.84.